The fraction of sp³-hybridized carbons (Fsp3) is 0.455. The van der Waals surface area contributed by atoms with Gasteiger partial charge < -0.3 is 14.5 Å². The predicted molar refractivity (Wildman–Crippen MR) is 119 cm³/mol. The smallest absolute Gasteiger partial charge is 0.275 e. The minimum absolute atomic E-state index is 0.0247. The Balaban J connectivity index is 1.55. The van der Waals surface area contributed by atoms with E-state index in [2.05, 4.69) is 47.9 Å². The Morgan fingerprint density at radius 1 is 1.24 bits per heavy atom. The molecule has 0 radical (unpaired) electrons. The van der Waals surface area contributed by atoms with Gasteiger partial charge in [0.1, 0.15) is 11.0 Å². The summed E-state index contributed by atoms with van der Waals surface area (Å²) in [6, 6.07) is 10.8. The summed E-state index contributed by atoms with van der Waals surface area (Å²) in [6.45, 7) is 5.45. The van der Waals surface area contributed by atoms with E-state index in [1.54, 1.807) is 10.9 Å². The quantitative estimate of drug-likeness (QED) is 0.556. The van der Waals surface area contributed by atoms with Gasteiger partial charge in [-0.25, -0.2) is 4.98 Å². The van der Waals surface area contributed by atoms with Crippen molar-refractivity contribution in [2.75, 3.05) is 38.7 Å². The van der Waals surface area contributed by atoms with Gasteiger partial charge in [0.25, 0.3) is 5.56 Å². The first kappa shape index (κ1) is 20.1. The van der Waals surface area contributed by atoms with E-state index < -0.39 is 0 Å². The van der Waals surface area contributed by atoms with Crippen LogP contribution < -0.4 is 10.5 Å². The first-order valence-electron chi connectivity index (χ1n) is 10.2. The molecule has 3 aromatic rings. The van der Waals surface area contributed by atoms with Crippen LogP contribution in [0.25, 0.3) is 15.9 Å². The highest BCUT2D eigenvalue weighted by Crippen LogP contribution is 2.25. The summed E-state index contributed by atoms with van der Waals surface area (Å²) < 4.78 is 7.91. The zero-order valence-corrected chi connectivity index (χ0v) is 18.1. The third kappa shape index (κ3) is 4.22. The number of aromatic nitrogens is 2. The van der Waals surface area contributed by atoms with Gasteiger partial charge in [0, 0.05) is 36.3 Å². The average molecular weight is 413 g/mol. The Labute approximate surface area is 175 Å². The second kappa shape index (κ2) is 8.65. The number of ether oxygens (including phenoxy) is 1. The van der Waals surface area contributed by atoms with Gasteiger partial charge in [0.05, 0.1) is 17.8 Å². The lowest BCUT2D eigenvalue weighted by Gasteiger charge is -2.22. The predicted octanol–water partition coefficient (Wildman–Crippen LogP) is 3.51. The molecular formula is C22H28N4O2S. The number of hydrogen-bond acceptors (Lipinski definition) is 6. The Hall–Kier alpha value is -2.22. The van der Waals surface area contributed by atoms with Gasteiger partial charge >= 0.3 is 0 Å². The monoisotopic (exact) mass is 412 g/mol. The lowest BCUT2D eigenvalue weighted by molar-refractivity contribution is 0.123. The van der Waals surface area contributed by atoms with Crippen molar-refractivity contribution in [1.82, 2.24) is 14.5 Å². The Kier molecular flexibility index (Phi) is 5.99. The van der Waals surface area contributed by atoms with Crippen LogP contribution in [0.2, 0.25) is 0 Å². The molecule has 1 aliphatic heterocycles. The van der Waals surface area contributed by atoms with E-state index in [4.69, 9.17) is 4.74 Å². The van der Waals surface area contributed by atoms with Gasteiger partial charge in [0.15, 0.2) is 0 Å². The number of fused-ring (bicyclic) bond motifs is 1. The molecule has 1 unspecified atom stereocenters. The number of rotatable bonds is 7. The standard InChI is InChI=1S/C22H28N4O2S/c1-4-11-28-14-19-12-20-21(29-19)22(27)26(15-23-20)17-7-5-16(6-8-17)25-10-9-18(13-25)24(2)3/h5-8,12,15,18H,4,9-11,13-14H2,1-3H3. The summed E-state index contributed by atoms with van der Waals surface area (Å²) in [6.07, 6.45) is 3.79. The lowest BCUT2D eigenvalue weighted by atomic mass is 10.2. The molecule has 7 heteroatoms. The molecule has 0 saturated carbocycles. The van der Waals surface area contributed by atoms with Gasteiger partial charge in [0.2, 0.25) is 0 Å². The van der Waals surface area contributed by atoms with Crippen molar-refractivity contribution in [3.05, 3.63) is 51.9 Å². The van der Waals surface area contributed by atoms with Crippen LogP contribution in [0.4, 0.5) is 5.69 Å². The summed E-state index contributed by atoms with van der Waals surface area (Å²) >= 11 is 1.48. The molecule has 1 atom stereocenters. The van der Waals surface area contributed by atoms with Gasteiger partial charge in [-0.05, 0) is 57.3 Å². The van der Waals surface area contributed by atoms with E-state index in [0.717, 1.165) is 42.2 Å². The average Bonchev–Trinajstić information content (AvgIpc) is 3.36. The molecule has 2 aromatic heterocycles. The molecule has 0 aliphatic carbocycles. The van der Waals surface area contributed by atoms with Crippen molar-refractivity contribution in [2.24, 2.45) is 0 Å². The van der Waals surface area contributed by atoms with Crippen molar-refractivity contribution >= 4 is 27.2 Å². The van der Waals surface area contributed by atoms with Crippen LogP contribution in [0.1, 0.15) is 24.6 Å². The minimum atomic E-state index is -0.0247. The van der Waals surface area contributed by atoms with Crippen LogP contribution in [0.15, 0.2) is 41.5 Å². The SMILES string of the molecule is CCCOCc1cc2ncn(-c3ccc(N4CCC(N(C)C)C4)cc3)c(=O)c2s1. The fourth-order valence-corrected chi connectivity index (χ4v) is 4.73. The molecule has 1 saturated heterocycles. The normalized spacial score (nSPS) is 17.0. The van der Waals surface area contributed by atoms with Crippen molar-refractivity contribution in [3.63, 3.8) is 0 Å². The maximum Gasteiger partial charge on any atom is 0.275 e. The first-order valence-corrected chi connectivity index (χ1v) is 11.0. The molecule has 1 aliphatic rings. The van der Waals surface area contributed by atoms with E-state index in [9.17, 15) is 4.79 Å². The number of nitrogens with zero attached hydrogens (tertiary/aromatic N) is 4. The molecular weight excluding hydrogens is 384 g/mol. The van der Waals surface area contributed by atoms with Gasteiger partial charge in [-0.2, -0.15) is 0 Å². The molecule has 3 heterocycles. The van der Waals surface area contributed by atoms with Gasteiger partial charge in [-0.15, -0.1) is 11.3 Å². The summed E-state index contributed by atoms with van der Waals surface area (Å²) in [5.41, 5.74) is 2.76. The van der Waals surface area contributed by atoms with Crippen LogP contribution in [0.3, 0.4) is 0 Å². The van der Waals surface area contributed by atoms with Crippen molar-refractivity contribution in [3.8, 4) is 5.69 Å². The second-order valence-corrected chi connectivity index (χ2v) is 8.90. The highest BCUT2D eigenvalue weighted by Gasteiger charge is 2.24. The topological polar surface area (TPSA) is 50.6 Å². The third-order valence-corrected chi connectivity index (χ3v) is 6.55. The number of hydrogen-bond donors (Lipinski definition) is 0. The molecule has 0 amide bonds. The van der Waals surface area contributed by atoms with E-state index >= 15 is 0 Å². The molecule has 0 N–H and O–H groups in total. The number of benzene rings is 1. The Bertz CT molecular complexity index is 1030. The number of likely N-dealkylation sites (N-methyl/N-ethyl adjacent to an activating group) is 1. The molecule has 6 nitrogen and oxygen atoms in total. The summed E-state index contributed by atoms with van der Waals surface area (Å²) in [5.74, 6) is 0. The van der Waals surface area contributed by atoms with E-state index in [-0.39, 0.29) is 5.56 Å². The van der Waals surface area contributed by atoms with Gasteiger partial charge in [-0.3, -0.25) is 9.36 Å². The zero-order valence-electron chi connectivity index (χ0n) is 17.3. The molecule has 29 heavy (non-hydrogen) atoms. The highest BCUT2D eigenvalue weighted by molar-refractivity contribution is 7.18. The van der Waals surface area contributed by atoms with Crippen molar-refractivity contribution < 1.29 is 4.74 Å². The van der Waals surface area contributed by atoms with Crippen LogP contribution in [0.5, 0.6) is 0 Å². The Morgan fingerprint density at radius 2 is 2.00 bits per heavy atom. The number of anilines is 1. The third-order valence-electron chi connectivity index (χ3n) is 5.47. The first-order chi connectivity index (χ1) is 14.1. The number of thiophene rings is 1. The summed E-state index contributed by atoms with van der Waals surface area (Å²) in [4.78, 5) is 23.2. The van der Waals surface area contributed by atoms with Gasteiger partial charge in [-0.1, -0.05) is 6.92 Å². The minimum Gasteiger partial charge on any atom is -0.376 e. The lowest BCUT2D eigenvalue weighted by Crippen LogP contribution is -2.31. The fourth-order valence-electron chi connectivity index (χ4n) is 3.76. The van der Waals surface area contributed by atoms with Crippen LogP contribution in [-0.2, 0) is 11.3 Å². The Morgan fingerprint density at radius 3 is 2.69 bits per heavy atom. The van der Waals surface area contributed by atoms with Crippen LogP contribution in [0, 0.1) is 0 Å². The summed E-state index contributed by atoms with van der Waals surface area (Å²) in [5, 5.41) is 0. The second-order valence-electron chi connectivity index (χ2n) is 7.77. The van der Waals surface area contributed by atoms with Crippen LogP contribution in [-0.4, -0.2) is 54.3 Å². The largest absolute Gasteiger partial charge is 0.376 e. The maximum absolute atomic E-state index is 13.0. The van der Waals surface area contributed by atoms with Crippen molar-refractivity contribution in [1.29, 1.82) is 0 Å². The van der Waals surface area contributed by atoms with E-state index in [0.29, 0.717) is 17.3 Å². The highest BCUT2D eigenvalue weighted by atomic mass is 32.1. The molecule has 0 spiro atoms. The van der Waals surface area contributed by atoms with Crippen LogP contribution >= 0.6 is 11.3 Å². The molecule has 154 valence electrons. The van der Waals surface area contributed by atoms with Crippen molar-refractivity contribution in [2.45, 2.75) is 32.4 Å². The molecule has 1 fully saturated rings. The van der Waals surface area contributed by atoms with E-state index in [1.165, 1.54) is 23.4 Å². The molecule has 1 aromatic carbocycles. The maximum atomic E-state index is 13.0. The molecule has 4 rings (SSSR count). The zero-order chi connectivity index (χ0) is 20.4. The summed E-state index contributed by atoms with van der Waals surface area (Å²) in [7, 11) is 4.28. The molecule has 0 bridgehead atoms. The van der Waals surface area contributed by atoms with E-state index in [1.807, 2.05) is 18.2 Å².